The molecule has 1 atom stereocenters. The molecule has 0 aliphatic carbocycles. The number of piperidine rings is 1. The second-order valence-corrected chi connectivity index (χ2v) is 5.95. The molecule has 4 nitrogen and oxygen atoms in total. The van der Waals surface area contributed by atoms with Crippen molar-refractivity contribution in [2.45, 2.75) is 32.4 Å². The molecule has 0 aromatic carbocycles. The third kappa shape index (κ3) is 3.84. The molecule has 1 aromatic rings. The van der Waals surface area contributed by atoms with E-state index in [0.29, 0.717) is 6.04 Å². The Morgan fingerprint density at radius 1 is 1.50 bits per heavy atom. The lowest BCUT2D eigenvalue weighted by molar-refractivity contribution is 0.247. The van der Waals surface area contributed by atoms with Gasteiger partial charge in [-0.25, -0.2) is 4.98 Å². The fraction of sp³-hybridized carbons (Fsp3) is 0.667. The van der Waals surface area contributed by atoms with E-state index in [0.717, 1.165) is 36.2 Å². The number of halogens is 1. The molecule has 112 valence electrons. The summed E-state index contributed by atoms with van der Waals surface area (Å²) in [5, 5.41) is 4.02. The largest absolute Gasteiger partial charge is 0.355 e. The van der Waals surface area contributed by atoms with E-state index in [2.05, 4.69) is 36.1 Å². The van der Waals surface area contributed by atoms with E-state index in [1.54, 1.807) is 0 Å². The zero-order chi connectivity index (χ0) is 14.5. The molecule has 0 saturated carbocycles. The van der Waals surface area contributed by atoms with Gasteiger partial charge in [-0.05, 0) is 45.1 Å². The smallest absolute Gasteiger partial charge is 0.129 e. The number of likely N-dealkylation sites (tertiary alicyclic amines) is 1. The van der Waals surface area contributed by atoms with Crippen LogP contribution in [-0.4, -0.2) is 49.7 Å². The van der Waals surface area contributed by atoms with Crippen molar-refractivity contribution in [2.75, 3.05) is 38.6 Å². The van der Waals surface area contributed by atoms with Gasteiger partial charge in [-0.1, -0.05) is 18.5 Å². The van der Waals surface area contributed by atoms with Crippen LogP contribution in [0.4, 0.5) is 5.82 Å². The quantitative estimate of drug-likeness (QED) is 0.904. The highest BCUT2D eigenvalue weighted by Gasteiger charge is 2.22. The van der Waals surface area contributed by atoms with Gasteiger partial charge in [0.2, 0.25) is 0 Å². The fourth-order valence-electron chi connectivity index (χ4n) is 2.68. The minimum atomic E-state index is 0.536. The van der Waals surface area contributed by atoms with Gasteiger partial charge in [0, 0.05) is 26.2 Å². The van der Waals surface area contributed by atoms with Gasteiger partial charge in [-0.15, -0.1) is 0 Å². The van der Waals surface area contributed by atoms with Gasteiger partial charge in [0.25, 0.3) is 0 Å². The third-order valence-electron chi connectivity index (χ3n) is 3.96. The molecular formula is C15H25ClN4. The van der Waals surface area contributed by atoms with Crippen LogP contribution in [0.3, 0.4) is 0 Å². The number of nitrogens with zero attached hydrogens (tertiary/aromatic N) is 3. The Kier molecular flexibility index (Phi) is 5.64. The van der Waals surface area contributed by atoms with Crippen LogP contribution < -0.4 is 10.2 Å². The predicted molar refractivity (Wildman–Crippen MR) is 85.5 cm³/mol. The highest BCUT2D eigenvalue weighted by Crippen LogP contribution is 2.23. The van der Waals surface area contributed by atoms with Gasteiger partial charge >= 0.3 is 0 Å². The number of pyridine rings is 1. The minimum absolute atomic E-state index is 0.536. The Bertz CT molecular complexity index is 438. The maximum Gasteiger partial charge on any atom is 0.129 e. The van der Waals surface area contributed by atoms with E-state index < -0.39 is 0 Å². The molecule has 1 saturated heterocycles. The maximum atomic E-state index is 6.22. The van der Waals surface area contributed by atoms with Crippen LogP contribution in [0.2, 0.25) is 5.02 Å². The molecule has 1 aliphatic heterocycles. The number of hydrogen-bond donors (Lipinski definition) is 1. The van der Waals surface area contributed by atoms with Crippen molar-refractivity contribution in [3.05, 3.63) is 22.8 Å². The fourth-order valence-corrected chi connectivity index (χ4v) is 2.85. The van der Waals surface area contributed by atoms with Crippen molar-refractivity contribution in [3.63, 3.8) is 0 Å². The summed E-state index contributed by atoms with van der Waals surface area (Å²) in [4.78, 5) is 9.41. The molecule has 0 bridgehead atoms. The maximum absolute atomic E-state index is 6.22. The van der Waals surface area contributed by atoms with Crippen molar-refractivity contribution in [2.24, 2.45) is 0 Å². The topological polar surface area (TPSA) is 31.4 Å². The number of hydrogen-bond acceptors (Lipinski definition) is 4. The molecule has 1 unspecified atom stereocenters. The molecule has 2 heterocycles. The van der Waals surface area contributed by atoms with E-state index in [4.69, 9.17) is 16.6 Å². The highest BCUT2D eigenvalue weighted by molar-refractivity contribution is 6.31. The number of rotatable bonds is 5. The SMILES string of the molecule is CCNCc1nc(N(C)C2CCCN(C)C2)ccc1Cl. The summed E-state index contributed by atoms with van der Waals surface area (Å²) in [7, 11) is 4.32. The van der Waals surface area contributed by atoms with Gasteiger partial charge in [0.15, 0.2) is 0 Å². The highest BCUT2D eigenvalue weighted by atomic mass is 35.5. The summed E-state index contributed by atoms with van der Waals surface area (Å²) in [6.45, 7) is 6.03. The number of anilines is 1. The summed E-state index contributed by atoms with van der Waals surface area (Å²) >= 11 is 6.22. The van der Waals surface area contributed by atoms with Crippen molar-refractivity contribution in [1.29, 1.82) is 0 Å². The first-order valence-corrected chi connectivity index (χ1v) is 7.77. The van der Waals surface area contributed by atoms with Crippen molar-refractivity contribution in [3.8, 4) is 0 Å². The summed E-state index contributed by atoms with van der Waals surface area (Å²) in [6.07, 6.45) is 2.48. The summed E-state index contributed by atoms with van der Waals surface area (Å²) in [5.41, 5.74) is 0.932. The number of likely N-dealkylation sites (N-methyl/N-ethyl adjacent to an activating group) is 2. The van der Waals surface area contributed by atoms with Crippen molar-refractivity contribution >= 4 is 17.4 Å². The Morgan fingerprint density at radius 2 is 2.30 bits per heavy atom. The zero-order valence-electron chi connectivity index (χ0n) is 12.7. The molecule has 0 amide bonds. The molecule has 20 heavy (non-hydrogen) atoms. The normalized spacial score (nSPS) is 20.1. The molecule has 1 aromatic heterocycles. The second-order valence-electron chi connectivity index (χ2n) is 5.55. The molecule has 0 radical (unpaired) electrons. The molecular weight excluding hydrogens is 272 g/mol. The van der Waals surface area contributed by atoms with Gasteiger partial charge in [0.1, 0.15) is 5.82 Å². The third-order valence-corrected chi connectivity index (χ3v) is 4.30. The van der Waals surface area contributed by atoms with Crippen LogP contribution in [0.25, 0.3) is 0 Å². The molecule has 1 aliphatic rings. The van der Waals surface area contributed by atoms with Crippen LogP contribution >= 0.6 is 11.6 Å². The van der Waals surface area contributed by atoms with Crippen LogP contribution in [0.5, 0.6) is 0 Å². The molecule has 1 N–H and O–H groups in total. The molecule has 0 spiro atoms. The summed E-state index contributed by atoms with van der Waals surface area (Å²) in [6, 6.07) is 4.51. The lowest BCUT2D eigenvalue weighted by Crippen LogP contribution is -2.45. The van der Waals surface area contributed by atoms with Crippen LogP contribution in [0, 0.1) is 0 Å². The van der Waals surface area contributed by atoms with E-state index >= 15 is 0 Å². The van der Waals surface area contributed by atoms with E-state index in [1.165, 1.54) is 19.4 Å². The lowest BCUT2D eigenvalue weighted by atomic mass is 10.1. The van der Waals surface area contributed by atoms with Crippen molar-refractivity contribution in [1.82, 2.24) is 15.2 Å². The molecule has 2 rings (SSSR count). The van der Waals surface area contributed by atoms with E-state index in [-0.39, 0.29) is 0 Å². The zero-order valence-corrected chi connectivity index (χ0v) is 13.5. The monoisotopic (exact) mass is 296 g/mol. The summed E-state index contributed by atoms with van der Waals surface area (Å²) < 4.78 is 0. The van der Waals surface area contributed by atoms with E-state index in [1.807, 2.05) is 12.1 Å². The summed E-state index contributed by atoms with van der Waals surface area (Å²) in [5.74, 6) is 1.02. The first kappa shape index (κ1) is 15.5. The minimum Gasteiger partial charge on any atom is -0.355 e. The van der Waals surface area contributed by atoms with Gasteiger partial charge in [-0.3, -0.25) is 0 Å². The van der Waals surface area contributed by atoms with Gasteiger partial charge in [0.05, 0.1) is 10.7 Å². The first-order chi connectivity index (χ1) is 9.61. The molecule has 1 fully saturated rings. The standard InChI is InChI=1S/C15H25ClN4/c1-4-17-10-14-13(16)7-8-15(18-14)20(3)12-6-5-9-19(2)11-12/h7-8,12,17H,4-6,9-11H2,1-3H3. The number of aromatic nitrogens is 1. The Labute approximate surface area is 127 Å². The first-order valence-electron chi connectivity index (χ1n) is 7.39. The van der Waals surface area contributed by atoms with Crippen molar-refractivity contribution < 1.29 is 0 Å². The molecule has 5 heteroatoms. The Hall–Kier alpha value is -0.840. The predicted octanol–water partition coefficient (Wildman–Crippen LogP) is 2.37. The van der Waals surface area contributed by atoms with Gasteiger partial charge < -0.3 is 15.1 Å². The number of nitrogens with one attached hydrogen (secondary N) is 1. The van der Waals surface area contributed by atoms with Gasteiger partial charge in [-0.2, -0.15) is 0 Å². The Morgan fingerprint density at radius 3 is 3.00 bits per heavy atom. The van der Waals surface area contributed by atoms with E-state index in [9.17, 15) is 0 Å². The second kappa shape index (κ2) is 7.25. The average molecular weight is 297 g/mol. The van der Waals surface area contributed by atoms with Crippen LogP contribution in [0.1, 0.15) is 25.5 Å². The lowest BCUT2D eigenvalue weighted by Gasteiger charge is -2.36. The Balaban J connectivity index is 2.10. The average Bonchev–Trinajstić information content (AvgIpc) is 2.45. The van der Waals surface area contributed by atoms with Crippen LogP contribution in [0.15, 0.2) is 12.1 Å². The van der Waals surface area contributed by atoms with Crippen LogP contribution in [-0.2, 0) is 6.54 Å².